The Bertz CT molecular complexity index is 1650. The van der Waals surface area contributed by atoms with Crippen molar-refractivity contribution in [2.24, 2.45) is 0 Å². The summed E-state index contributed by atoms with van der Waals surface area (Å²) in [6, 6.07) is 11.2. The van der Waals surface area contributed by atoms with Gasteiger partial charge in [-0.2, -0.15) is 0 Å². The summed E-state index contributed by atoms with van der Waals surface area (Å²) in [6.07, 6.45) is 5.74. The molecule has 3 aromatic heterocycles. The fourth-order valence-electron chi connectivity index (χ4n) is 5.38. The molecule has 41 heavy (non-hydrogen) atoms. The third-order valence-electron chi connectivity index (χ3n) is 7.92. The molecule has 0 saturated carbocycles. The van der Waals surface area contributed by atoms with E-state index in [1.807, 2.05) is 38.1 Å². The first-order valence-corrected chi connectivity index (χ1v) is 14.0. The Morgan fingerprint density at radius 2 is 1.83 bits per heavy atom. The summed E-state index contributed by atoms with van der Waals surface area (Å²) in [5, 5.41) is 6.62. The number of ketones is 1. The zero-order valence-corrected chi connectivity index (χ0v) is 24.2. The molecule has 1 aliphatic rings. The molecule has 0 bridgehead atoms. The fraction of sp³-hybridized carbons (Fsp3) is 0.344. The van der Waals surface area contributed by atoms with Crippen LogP contribution in [0.5, 0.6) is 0 Å². The van der Waals surface area contributed by atoms with E-state index in [0.717, 1.165) is 47.2 Å². The molecular formula is C32H36N6O3. The van der Waals surface area contributed by atoms with Gasteiger partial charge in [-0.25, -0.2) is 4.98 Å². The molecule has 0 atom stereocenters. The van der Waals surface area contributed by atoms with Crippen LogP contribution in [-0.2, 0) is 4.79 Å². The van der Waals surface area contributed by atoms with Crippen molar-refractivity contribution < 1.29 is 14.4 Å². The molecule has 9 heteroatoms. The van der Waals surface area contributed by atoms with Crippen LogP contribution in [0.4, 0.5) is 11.4 Å². The quantitative estimate of drug-likeness (QED) is 0.234. The number of aryl methyl sites for hydroxylation is 2. The normalized spacial score (nSPS) is 14.8. The molecule has 2 amide bonds. The van der Waals surface area contributed by atoms with E-state index in [1.54, 1.807) is 25.3 Å². The van der Waals surface area contributed by atoms with Gasteiger partial charge in [0.15, 0.2) is 5.78 Å². The molecule has 212 valence electrons. The lowest BCUT2D eigenvalue weighted by Gasteiger charge is -2.30. The Labute approximate surface area is 239 Å². The lowest BCUT2D eigenvalue weighted by Crippen LogP contribution is -2.42. The van der Waals surface area contributed by atoms with Gasteiger partial charge in [0, 0.05) is 34.8 Å². The second kappa shape index (κ2) is 11.2. The van der Waals surface area contributed by atoms with Crippen molar-refractivity contribution in [2.75, 3.05) is 23.7 Å². The summed E-state index contributed by atoms with van der Waals surface area (Å²) < 4.78 is 0. The monoisotopic (exact) mass is 552 g/mol. The van der Waals surface area contributed by atoms with Crippen LogP contribution in [0.1, 0.15) is 72.0 Å². The maximum Gasteiger partial charge on any atom is 0.257 e. The van der Waals surface area contributed by atoms with Crippen molar-refractivity contribution in [2.45, 2.75) is 59.4 Å². The highest BCUT2D eigenvalue weighted by Gasteiger charge is 2.32. The highest BCUT2D eigenvalue weighted by Crippen LogP contribution is 2.29. The standard InChI is InChI=1S/C32H36N6O3/c1-6-28(39)25-9-8-21(12-19(25)2)27-14-22-13-23(16-34-30(22)36-27)31(41)37-26-15-24(17-33-20(26)3)35-29(40)18-38-11-7-10-32(38,4)5/h8-9,12-17H,6-7,10-11,18H2,1-5H3,(H,34,36)(H,35,40)(H,37,41). The first-order chi connectivity index (χ1) is 19.5. The number of nitrogens with one attached hydrogen (secondary N) is 3. The maximum atomic E-state index is 13.2. The number of H-pyrrole nitrogens is 1. The van der Waals surface area contributed by atoms with Crippen LogP contribution >= 0.6 is 0 Å². The summed E-state index contributed by atoms with van der Waals surface area (Å²) in [4.78, 5) is 52.4. The Hall–Kier alpha value is -4.37. The average Bonchev–Trinajstić information content (AvgIpc) is 3.51. The number of rotatable bonds is 8. The fourth-order valence-corrected chi connectivity index (χ4v) is 5.38. The predicted molar refractivity (Wildman–Crippen MR) is 161 cm³/mol. The molecule has 1 aliphatic heterocycles. The SMILES string of the molecule is CCC(=O)c1ccc(-c2cc3cc(C(=O)Nc4cc(NC(=O)CN5CCCC5(C)C)cnc4C)cnc3[nH]2)cc1C. The molecule has 1 aromatic carbocycles. The molecule has 0 aliphatic carbocycles. The van der Waals surface area contributed by atoms with Crippen LogP contribution in [-0.4, -0.2) is 56.1 Å². The molecular weight excluding hydrogens is 516 g/mol. The minimum Gasteiger partial charge on any atom is -0.339 e. The number of hydrogen-bond acceptors (Lipinski definition) is 6. The van der Waals surface area contributed by atoms with Gasteiger partial charge >= 0.3 is 0 Å². The van der Waals surface area contributed by atoms with E-state index in [-0.39, 0.29) is 23.1 Å². The van der Waals surface area contributed by atoms with Crippen LogP contribution in [0.25, 0.3) is 22.3 Å². The number of Topliss-reactive ketones (excluding diaryl/α,β-unsaturated/α-hetero) is 1. The number of aromatic amines is 1. The van der Waals surface area contributed by atoms with Gasteiger partial charge in [-0.15, -0.1) is 0 Å². The topological polar surface area (TPSA) is 120 Å². The minimum atomic E-state index is -0.326. The van der Waals surface area contributed by atoms with Gasteiger partial charge in [-0.3, -0.25) is 24.3 Å². The smallest absolute Gasteiger partial charge is 0.257 e. The van der Waals surface area contributed by atoms with E-state index in [1.165, 1.54) is 6.20 Å². The number of anilines is 2. The zero-order valence-electron chi connectivity index (χ0n) is 24.2. The van der Waals surface area contributed by atoms with Gasteiger partial charge in [0.05, 0.1) is 35.4 Å². The molecule has 1 fully saturated rings. The molecule has 0 unspecified atom stereocenters. The number of carbonyl (C=O) groups excluding carboxylic acids is 3. The number of nitrogens with zero attached hydrogens (tertiary/aromatic N) is 3. The second-order valence-electron chi connectivity index (χ2n) is 11.3. The number of pyridine rings is 2. The van der Waals surface area contributed by atoms with E-state index < -0.39 is 0 Å². The molecule has 0 spiro atoms. The first-order valence-electron chi connectivity index (χ1n) is 14.0. The first kappa shape index (κ1) is 28.2. The largest absolute Gasteiger partial charge is 0.339 e. The zero-order chi connectivity index (χ0) is 29.3. The third kappa shape index (κ3) is 6.05. The van der Waals surface area contributed by atoms with Gasteiger partial charge in [0.25, 0.3) is 5.91 Å². The van der Waals surface area contributed by atoms with E-state index in [2.05, 4.69) is 44.3 Å². The molecule has 9 nitrogen and oxygen atoms in total. The highest BCUT2D eigenvalue weighted by atomic mass is 16.2. The number of fused-ring (bicyclic) bond motifs is 1. The van der Waals surface area contributed by atoms with Crippen molar-refractivity contribution in [3.8, 4) is 11.3 Å². The van der Waals surface area contributed by atoms with Crippen LogP contribution < -0.4 is 10.6 Å². The molecule has 0 radical (unpaired) electrons. The Morgan fingerprint density at radius 3 is 2.54 bits per heavy atom. The summed E-state index contributed by atoms with van der Waals surface area (Å²) in [6.45, 7) is 11.1. The summed E-state index contributed by atoms with van der Waals surface area (Å²) in [5.74, 6) is -0.317. The molecule has 3 N–H and O–H groups in total. The predicted octanol–water partition coefficient (Wildman–Crippen LogP) is 5.90. The van der Waals surface area contributed by atoms with Crippen LogP contribution in [0.2, 0.25) is 0 Å². The van der Waals surface area contributed by atoms with Gasteiger partial charge in [0.2, 0.25) is 5.91 Å². The van der Waals surface area contributed by atoms with E-state index in [0.29, 0.717) is 41.2 Å². The number of hydrogen-bond donors (Lipinski definition) is 3. The van der Waals surface area contributed by atoms with Gasteiger partial charge in [-0.05, 0) is 82.5 Å². The molecule has 5 rings (SSSR count). The van der Waals surface area contributed by atoms with Crippen LogP contribution in [0.15, 0.2) is 48.8 Å². The number of aromatic nitrogens is 3. The van der Waals surface area contributed by atoms with Gasteiger partial charge in [0.1, 0.15) is 5.65 Å². The minimum absolute atomic E-state index is 0.00993. The van der Waals surface area contributed by atoms with Crippen LogP contribution in [0.3, 0.4) is 0 Å². The lowest BCUT2D eigenvalue weighted by atomic mass is 9.99. The molecule has 4 heterocycles. The number of benzene rings is 1. The summed E-state index contributed by atoms with van der Waals surface area (Å²) in [7, 11) is 0. The lowest BCUT2D eigenvalue weighted by molar-refractivity contribution is -0.118. The highest BCUT2D eigenvalue weighted by molar-refractivity contribution is 6.06. The maximum absolute atomic E-state index is 13.2. The Balaban J connectivity index is 1.30. The van der Waals surface area contributed by atoms with Crippen molar-refractivity contribution in [1.82, 2.24) is 19.9 Å². The Morgan fingerprint density at radius 1 is 1.02 bits per heavy atom. The molecule has 1 saturated heterocycles. The van der Waals surface area contributed by atoms with Crippen molar-refractivity contribution >= 4 is 40.0 Å². The summed E-state index contributed by atoms with van der Waals surface area (Å²) >= 11 is 0. The van der Waals surface area contributed by atoms with Gasteiger partial charge < -0.3 is 15.6 Å². The van der Waals surface area contributed by atoms with Crippen molar-refractivity contribution in [3.63, 3.8) is 0 Å². The van der Waals surface area contributed by atoms with E-state index in [9.17, 15) is 14.4 Å². The van der Waals surface area contributed by atoms with E-state index in [4.69, 9.17) is 0 Å². The number of amides is 2. The number of carbonyl (C=O) groups is 3. The van der Waals surface area contributed by atoms with Crippen LogP contribution in [0, 0.1) is 13.8 Å². The van der Waals surface area contributed by atoms with Crippen molar-refractivity contribution in [3.05, 3.63) is 71.2 Å². The average molecular weight is 553 g/mol. The van der Waals surface area contributed by atoms with Gasteiger partial charge in [-0.1, -0.05) is 19.1 Å². The summed E-state index contributed by atoms with van der Waals surface area (Å²) in [5.41, 5.74) is 6.18. The third-order valence-corrected chi connectivity index (χ3v) is 7.92. The Kier molecular flexibility index (Phi) is 7.73. The van der Waals surface area contributed by atoms with Crippen molar-refractivity contribution in [1.29, 1.82) is 0 Å². The number of likely N-dealkylation sites (tertiary alicyclic amines) is 1. The van der Waals surface area contributed by atoms with E-state index >= 15 is 0 Å². The second-order valence-corrected chi connectivity index (χ2v) is 11.3. The molecule has 4 aromatic rings.